The number of hydrogen-bond acceptors (Lipinski definition) is 5. The fourth-order valence-corrected chi connectivity index (χ4v) is 5.01. The third-order valence-electron chi connectivity index (χ3n) is 7.18. The molecule has 190 valence electrons. The Bertz CT molecular complexity index is 1580. The standard InChI is InChI=1S/C31H30N6O/c1-22-12-14-24(15-13-22)20-28-33-29(27-21-32-37(30(27)34-28)25-9-4-3-5-10-25)35-16-18-36(19-17-35)31(38)26-11-7-6-8-23(26)2/h3-15,21H,16-20H2,1-2H3. The van der Waals surface area contributed by atoms with Gasteiger partial charge in [0.25, 0.3) is 5.91 Å². The highest BCUT2D eigenvalue weighted by Gasteiger charge is 2.26. The van der Waals surface area contributed by atoms with Gasteiger partial charge in [-0.2, -0.15) is 5.10 Å². The van der Waals surface area contributed by atoms with Crippen LogP contribution in [0, 0.1) is 13.8 Å². The van der Waals surface area contributed by atoms with Crippen molar-refractivity contribution < 1.29 is 4.79 Å². The highest BCUT2D eigenvalue weighted by atomic mass is 16.2. The van der Waals surface area contributed by atoms with Crippen LogP contribution in [0.1, 0.15) is 32.9 Å². The van der Waals surface area contributed by atoms with E-state index in [9.17, 15) is 4.79 Å². The van der Waals surface area contributed by atoms with Crippen LogP contribution in [-0.4, -0.2) is 56.7 Å². The number of aryl methyl sites for hydroxylation is 2. The first-order valence-corrected chi connectivity index (χ1v) is 13.0. The second kappa shape index (κ2) is 10.1. The number of anilines is 1. The average molecular weight is 503 g/mol. The quantitative estimate of drug-likeness (QED) is 0.339. The van der Waals surface area contributed by atoms with Crippen molar-refractivity contribution in [3.05, 3.63) is 113 Å². The minimum absolute atomic E-state index is 0.0903. The van der Waals surface area contributed by atoms with Crippen LogP contribution in [0.5, 0.6) is 0 Å². The molecule has 1 aliphatic heterocycles. The number of amides is 1. The highest BCUT2D eigenvalue weighted by molar-refractivity contribution is 5.96. The smallest absolute Gasteiger partial charge is 0.254 e. The van der Waals surface area contributed by atoms with Crippen LogP contribution in [-0.2, 0) is 6.42 Å². The Hall–Kier alpha value is -4.52. The van der Waals surface area contributed by atoms with Crippen LogP contribution in [0.4, 0.5) is 5.82 Å². The van der Waals surface area contributed by atoms with E-state index in [0.717, 1.165) is 39.5 Å². The van der Waals surface area contributed by atoms with Crippen molar-refractivity contribution in [3.8, 4) is 5.69 Å². The van der Waals surface area contributed by atoms with E-state index < -0.39 is 0 Å². The molecule has 0 aliphatic carbocycles. The number of para-hydroxylation sites is 1. The number of hydrogen-bond donors (Lipinski definition) is 0. The van der Waals surface area contributed by atoms with Crippen LogP contribution in [0.15, 0.2) is 85.1 Å². The van der Waals surface area contributed by atoms with E-state index in [4.69, 9.17) is 15.1 Å². The molecule has 2 aromatic heterocycles. The zero-order valence-corrected chi connectivity index (χ0v) is 21.7. The predicted octanol–water partition coefficient (Wildman–Crippen LogP) is 4.99. The van der Waals surface area contributed by atoms with Gasteiger partial charge in [0.1, 0.15) is 11.6 Å². The first-order chi connectivity index (χ1) is 18.6. The minimum atomic E-state index is 0.0903. The van der Waals surface area contributed by atoms with Gasteiger partial charge in [0.05, 0.1) is 17.3 Å². The van der Waals surface area contributed by atoms with Crippen molar-refractivity contribution in [3.63, 3.8) is 0 Å². The number of nitrogens with zero attached hydrogens (tertiary/aromatic N) is 6. The van der Waals surface area contributed by atoms with Crippen molar-refractivity contribution in [2.75, 3.05) is 31.1 Å². The van der Waals surface area contributed by atoms with Gasteiger partial charge in [-0.3, -0.25) is 4.79 Å². The van der Waals surface area contributed by atoms with Crippen molar-refractivity contribution in [2.24, 2.45) is 0 Å². The molecule has 6 rings (SSSR count). The number of carbonyl (C=O) groups excluding carboxylic acids is 1. The van der Waals surface area contributed by atoms with Crippen LogP contribution >= 0.6 is 0 Å². The van der Waals surface area contributed by atoms with Gasteiger partial charge in [0, 0.05) is 38.2 Å². The van der Waals surface area contributed by atoms with Crippen molar-refractivity contribution in [2.45, 2.75) is 20.3 Å². The summed E-state index contributed by atoms with van der Waals surface area (Å²) < 4.78 is 1.89. The number of rotatable bonds is 5. The second-order valence-electron chi connectivity index (χ2n) is 9.85. The molecule has 0 N–H and O–H groups in total. The van der Waals surface area contributed by atoms with Crippen molar-refractivity contribution >= 4 is 22.8 Å². The Labute approximate surface area is 222 Å². The van der Waals surface area contributed by atoms with E-state index >= 15 is 0 Å². The van der Waals surface area contributed by atoms with E-state index in [-0.39, 0.29) is 5.91 Å². The van der Waals surface area contributed by atoms with Crippen LogP contribution in [0.3, 0.4) is 0 Å². The Balaban J connectivity index is 1.33. The fourth-order valence-electron chi connectivity index (χ4n) is 5.01. The molecule has 1 saturated heterocycles. The molecule has 0 bridgehead atoms. The molecule has 7 nitrogen and oxygen atoms in total. The maximum Gasteiger partial charge on any atom is 0.254 e. The monoisotopic (exact) mass is 502 g/mol. The van der Waals surface area contributed by atoms with E-state index in [1.165, 1.54) is 11.1 Å². The largest absolute Gasteiger partial charge is 0.352 e. The fraction of sp³-hybridized carbons (Fsp3) is 0.226. The summed E-state index contributed by atoms with van der Waals surface area (Å²) in [4.78, 5) is 27.4. The van der Waals surface area contributed by atoms with Crippen LogP contribution in [0.2, 0.25) is 0 Å². The summed E-state index contributed by atoms with van der Waals surface area (Å²) in [5, 5.41) is 5.61. The van der Waals surface area contributed by atoms with Gasteiger partial charge in [-0.25, -0.2) is 14.6 Å². The third-order valence-corrected chi connectivity index (χ3v) is 7.18. The maximum atomic E-state index is 13.2. The van der Waals surface area contributed by atoms with E-state index in [2.05, 4.69) is 36.1 Å². The van der Waals surface area contributed by atoms with E-state index in [1.807, 2.05) is 77.3 Å². The number of benzene rings is 3. The molecule has 3 aromatic carbocycles. The van der Waals surface area contributed by atoms with Gasteiger partial charge in [-0.15, -0.1) is 0 Å². The molecule has 1 aliphatic rings. The number of aromatic nitrogens is 4. The zero-order valence-electron chi connectivity index (χ0n) is 21.7. The lowest BCUT2D eigenvalue weighted by atomic mass is 10.1. The number of piperazine rings is 1. The topological polar surface area (TPSA) is 67.2 Å². The maximum absolute atomic E-state index is 13.2. The molecule has 0 atom stereocenters. The molecule has 3 heterocycles. The van der Waals surface area contributed by atoms with Gasteiger partial charge in [-0.05, 0) is 43.2 Å². The normalized spacial score (nSPS) is 13.7. The summed E-state index contributed by atoms with van der Waals surface area (Å²) in [7, 11) is 0. The van der Waals surface area contributed by atoms with Gasteiger partial charge in [0.15, 0.2) is 5.65 Å². The molecule has 1 fully saturated rings. The molecule has 0 radical (unpaired) electrons. The van der Waals surface area contributed by atoms with Crippen LogP contribution < -0.4 is 4.90 Å². The SMILES string of the molecule is Cc1ccc(Cc2nc(N3CCN(C(=O)c4ccccc4C)CC3)c3cnn(-c4ccccc4)c3n2)cc1. The third kappa shape index (κ3) is 4.63. The summed E-state index contributed by atoms with van der Waals surface area (Å²) >= 11 is 0. The van der Waals surface area contributed by atoms with E-state index in [1.54, 1.807) is 0 Å². The molecule has 7 heteroatoms. The molecule has 0 spiro atoms. The molecular weight excluding hydrogens is 472 g/mol. The van der Waals surface area contributed by atoms with Gasteiger partial charge in [-0.1, -0.05) is 66.2 Å². The molecule has 38 heavy (non-hydrogen) atoms. The first kappa shape index (κ1) is 23.9. The lowest BCUT2D eigenvalue weighted by molar-refractivity contribution is 0.0746. The van der Waals surface area contributed by atoms with Gasteiger partial charge >= 0.3 is 0 Å². The van der Waals surface area contributed by atoms with Gasteiger partial charge < -0.3 is 9.80 Å². The Morgan fingerprint density at radius 3 is 2.26 bits per heavy atom. The van der Waals surface area contributed by atoms with Crippen LogP contribution in [0.25, 0.3) is 16.7 Å². The predicted molar refractivity (Wildman–Crippen MR) is 150 cm³/mol. The van der Waals surface area contributed by atoms with E-state index in [0.29, 0.717) is 32.6 Å². The molecule has 5 aromatic rings. The Morgan fingerprint density at radius 2 is 1.53 bits per heavy atom. The molecular formula is C31H30N6O. The molecule has 1 amide bonds. The Morgan fingerprint density at radius 1 is 0.816 bits per heavy atom. The number of carbonyl (C=O) groups is 1. The average Bonchev–Trinajstić information content (AvgIpc) is 3.38. The highest BCUT2D eigenvalue weighted by Crippen LogP contribution is 2.28. The zero-order chi connectivity index (χ0) is 26.1. The second-order valence-corrected chi connectivity index (χ2v) is 9.85. The minimum Gasteiger partial charge on any atom is -0.352 e. The summed E-state index contributed by atoms with van der Waals surface area (Å²) in [6, 6.07) is 26.4. The number of fused-ring (bicyclic) bond motifs is 1. The lowest BCUT2D eigenvalue weighted by Crippen LogP contribution is -2.49. The molecule has 0 unspecified atom stereocenters. The summed E-state index contributed by atoms with van der Waals surface area (Å²) in [6.07, 6.45) is 2.49. The van der Waals surface area contributed by atoms with Crippen molar-refractivity contribution in [1.29, 1.82) is 0 Å². The summed E-state index contributed by atoms with van der Waals surface area (Å²) in [6.45, 7) is 6.75. The summed E-state index contributed by atoms with van der Waals surface area (Å²) in [5.74, 6) is 1.72. The lowest BCUT2D eigenvalue weighted by Gasteiger charge is -2.36. The Kier molecular flexibility index (Phi) is 6.33. The van der Waals surface area contributed by atoms with Crippen molar-refractivity contribution in [1.82, 2.24) is 24.6 Å². The summed E-state index contributed by atoms with van der Waals surface area (Å²) in [5.41, 5.74) is 5.93. The van der Waals surface area contributed by atoms with Gasteiger partial charge in [0.2, 0.25) is 0 Å². The first-order valence-electron chi connectivity index (χ1n) is 13.0. The molecule has 0 saturated carbocycles.